The molecule has 4 amide bonds. The van der Waals surface area contributed by atoms with Crippen LogP contribution in [0.5, 0.6) is 11.5 Å². The molecule has 0 aliphatic heterocycles. The summed E-state index contributed by atoms with van der Waals surface area (Å²) >= 11 is 0. The highest BCUT2D eigenvalue weighted by Gasteiger charge is 2.30. The van der Waals surface area contributed by atoms with Crippen LogP contribution in [-0.2, 0) is 32.1 Å². The summed E-state index contributed by atoms with van der Waals surface area (Å²) in [6.07, 6.45) is 0.967. The molecule has 4 rings (SSSR count). The molecule has 0 bridgehead atoms. The standard InChI is InChI=1S/C40H50N8O7/c1-54-35-24-29(23-28-12-5-6-13-31(28)35)45-36(50)33(15-9-21-44-39(42)43)46-37(51)32(14-7-8-20-41)47-38(52)34(22-26-16-18-30(49)19-17-26)48-40(53)55-25-27-10-3-2-4-11-27/h2-6,10-13,16-19,23-24,32-34,49H,7-9,14-15,20-22,25,41H2,1H3,(H,45,50)(H,46,51)(H,47,52)(H,48,53)(H4,42,43,44)/t32-,33-,34-/m0/s1. The molecule has 0 saturated heterocycles. The number of hydrogen-bond acceptors (Lipinski definition) is 9. The van der Waals surface area contributed by atoms with E-state index in [1.54, 1.807) is 36.4 Å². The van der Waals surface area contributed by atoms with Crippen LogP contribution in [0.25, 0.3) is 10.8 Å². The number of unbranched alkanes of at least 4 members (excludes halogenated alkanes) is 1. The number of benzene rings is 4. The number of phenols is 1. The number of carbonyl (C=O) groups is 4. The Hall–Kier alpha value is -6.35. The number of anilines is 1. The highest BCUT2D eigenvalue weighted by atomic mass is 16.5. The number of carbonyl (C=O) groups excluding carboxylic acids is 4. The molecule has 4 aromatic carbocycles. The molecule has 0 aliphatic rings. The first-order chi connectivity index (χ1) is 26.6. The van der Waals surface area contributed by atoms with E-state index >= 15 is 0 Å². The highest BCUT2D eigenvalue weighted by molar-refractivity contribution is 6.01. The molecular weight excluding hydrogens is 704 g/mol. The molecule has 0 unspecified atom stereocenters. The number of alkyl carbamates (subject to hydrolysis) is 1. The highest BCUT2D eigenvalue weighted by Crippen LogP contribution is 2.30. The molecule has 0 heterocycles. The minimum Gasteiger partial charge on any atom is -0.508 e. The lowest BCUT2D eigenvalue weighted by Gasteiger charge is -2.25. The van der Waals surface area contributed by atoms with Gasteiger partial charge in [-0.15, -0.1) is 0 Å². The number of guanidine groups is 1. The number of nitrogens with one attached hydrogen (secondary N) is 4. The molecule has 0 aromatic heterocycles. The van der Waals surface area contributed by atoms with Crippen LogP contribution in [-0.4, -0.2) is 73.2 Å². The van der Waals surface area contributed by atoms with Crippen molar-refractivity contribution in [2.45, 2.75) is 63.3 Å². The Morgan fingerprint density at radius 3 is 2.09 bits per heavy atom. The van der Waals surface area contributed by atoms with Crippen molar-refractivity contribution in [1.82, 2.24) is 16.0 Å². The predicted molar refractivity (Wildman–Crippen MR) is 211 cm³/mol. The molecule has 0 saturated carbocycles. The molecule has 4 aromatic rings. The molecule has 0 radical (unpaired) electrons. The van der Waals surface area contributed by atoms with Gasteiger partial charge in [0.05, 0.1) is 7.11 Å². The third-order valence-electron chi connectivity index (χ3n) is 8.67. The van der Waals surface area contributed by atoms with Crippen LogP contribution in [0, 0.1) is 0 Å². The number of aromatic hydroxyl groups is 1. The molecule has 0 aliphatic carbocycles. The number of fused-ring (bicyclic) bond motifs is 1. The van der Waals surface area contributed by atoms with Crippen LogP contribution in [0.3, 0.4) is 0 Å². The van der Waals surface area contributed by atoms with Crippen molar-refractivity contribution in [3.63, 3.8) is 0 Å². The van der Waals surface area contributed by atoms with Gasteiger partial charge in [0.25, 0.3) is 0 Å². The van der Waals surface area contributed by atoms with Gasteiger partial charge in [-0.2, -0.15) is 0 Å². The first kappa shape index (κ1) is 41.4. The zero-order valence-electron chi connectivity index (χ0n) is 30.8. The topological polar surface area (TPSA) is 246 Å². The third kappa shape index (κ3) is 13.5. The lowest BCUT2D eigenvalue weighted by molar-refractivity contribution is -0.132. The summed E-state index contributed by atoms with van der Waals surface area (Å²) in [4.78, 5) is 58.6. The first-order valence-electron chi connectivity index (χ1n) is 18.0. The van der Waals surface area contributed by atoms with Crippen molar-refractivity contribution in [3.05, 3.63) is 102 Å². The van der Waals surface area contributed by atoms with Crippen molar-refractivity contribution in [2.24, 2.45) is 22.2 Å². The van der Waals surface area contributed by atoms with E-state index in [2.05, 4.69) is 26.3 Å². The van der Waals surface area contributed by atoms with Gasteiger partial charge in [-0.05, 0) is 73.4 Å². The van der Waals surface area contributed by atoms with E-state index in [1.807, 2.05) is 42.5 Å². The van der Waals surface area contributed by atoms with Gasteiger partial charge in [-0.1, -0.05) is 66.7 Å². The summed E-state index contributed by atoms with van der Waals surface area (Å²) < 4.78 is 10.9. The Bertz CT molecular complexity index is 1900. The summed E-state index contributed by atoms with van der Waals surface area (Å²) in [5.74, 6) is -1.28. The second-order valence-electron chi connectivity index (χ2n) is 12.9. The number of nitrogens with zero attached hydrogens (tertiary/aromatic N) is 1. The van der Waals surface area contributed by atoms with Crippen LogP contribution < -0.4 is 43.2 Å². The number of aliphatic imine (C=N–C) groups is 1. The van der Waals surface area contributed by atoms with E-state index in [9.17, 15) is 24.3 Å². The fourth-order valence-corrected chi connectivity index (χ4v) is 5.81. The van der Waals surface area contributed by atoms with Crippen molar-refractivity contribution in [1.29, 1.82) is 0 Å². The van der Waals surface area contributed by atoms with Crippen molar-refractivity contribution >= 4 is 46.2 Å². The van der Waals surface area contributed by atoms with Gasteiger partial charge in [0.15, 0.2) is 5.96 Å². The van der Waals surface area contributed by atoms with Crippen LogP contribution in [0.4, 0.5) is 10.5 Å². The van der Waals surface area contributed by atoms with Crippen LogP contribution in [0.15, 0.2) is 96.0 Å². The molecule has 11 N–H and O–H groups in total. The smallest absolute Gasteiger partial charge is 0.408 e. The summed E-state index contributed by atoms with van der Waals surface area (Å²) in [7, 11) is 1.54. The monoisotopic (exact) mass is 754 g/mol. The maximum absolute atomic E-state index is 14.0. The average molecular weight is 755 g/mol. The zero-order valence-corrected chi connectivity index (χ0v) is 30.8. The minimum atomic E-state index is -1.17. The molecule has 292 valence electrons. The molecule has 15 nitrogen and oxygen atoms in total. The minimum absolute atomic E-state index is 0.0226. The molecule has 55 heavy (non-hydrogen) atoms. The first-order valence-corrected chi connectivity index (χ1v) is 18.0. The van der Waals surface area contributed by atoms with E-state index in [1.165, 1.54) is 19.2 Å². The second-order valence-corrected chi connectivity index (χ2v) is 12.9. The fraction of sp³-hybridized carbons (Fsp3) is 0.325. The molecule has 15 heteroatoms. The Balaban J connectivity index is 1.53. The molecular formula is C40H50N8O7. The zero-order chi connectivity index (χ0) is 39.6. The SMILES string of the molecule is COc1cc(NC(=O)[C@H](CCCN=C(N)N)NC(=O)[C@H](CCCCN)NC(=O)[C@H](Cc2ccc(O)cc2)NC(=O)OCc2ccccc2)cc2ccccc12. The van der Waals surface area contributed by atoms with Gasteiger partial charge >= 0.3 is 6.09 Å². The summed E-state index contributed by atoms with van der Waals surface area (Å²) in [6.45, 7) is 0.558. The summed E-state index contributed by atoms with van der Waals surface area (Å²) in [5, 5.41) is 22.6. The van der Waals surface area contributed by atoms with E-state index < -0.39 is 41.9 Å². The van der Waals surface area contributed by atoms with E-state index in [4.69, 9.17) is 26.7 Å². The van der Waals surface area contributed by atoms with Crippen molar-refractivity contribution < 1.29 is 33.8 Å². The molecule has 3 atom stereocenters. The lowest BCUT2D eigenvalue weighted by atomic mass is 10.0. The maximum atomic E-state index is 14.0. The van der Waals surface area contributed by atoms with Gasteiger partial charge in [0, 0.05) is 30.1 Å². The summed E-state index contributed by atoms with van der Waals surface area (Å²) in [5.41, 5.74) is 18.6. The average Bonchev–Trinajstić information content (AvgIpc) is 3.18. The number of amides is 4. The molecule has 0 fully saturated rings. The van der Waals surface area contributed by atoms with Crippen molar-refractivity contribution in [2.75, 3.05) is 25.5 Å². The Morgan fingerprint density at radius 1 is 0.745 bits per heavy atom. The van der Waals surface area contributed by atoms with E-state index in [-0.39, 0.29) is 44.1 Å². The van der Waals surface area contributed by atoms with Crippen LogP contribution >= 0.6 is 0 Å². The summed E-state index contributed by atoms with van der Waals surface area (Å²) in [6, 6.07) is 23.0. The third-order valence-corrected chi connectivity index (χ3v) is 8.67. The van der Waals surface area contributed by atoms with Crippen LogP contribution in [0.2, 0.25) is 0 Å². The van der Waals surface area contributed by atoms with Gasteiger partial charge in [0.1, 0.15) is 36.2 Å². The fourth-order valence-electron chi connectivity index (χ4n) is 5.81. The van der Waals surface area contributed by atoms with Gasteiger partial charge < -0.3 is 53.0 Å². The second kappa shape index (κ2) is 21.4. The van der Waals surface area contributed by atoms with E-state index in [0.717, 1.165) is 16.3 Å². The number of rotatable bonds is 20. The number of methoxy groups -OCH3 is 1. The van der Waals surface area contributed by atoms with Crippen LogP contribution in [0.1, 0.15) is 43.2 Å². The largest absolute Gasteiger partial charge is 0.508 e. The number of hydrogen-bond donors (Lipinski definition) is 8. The Labute approximate surface area is 320 Å². The normalized spacial score (nSPS) is 12.4. The van der Waals surface area contributed by atoms with Gasteiger partial charge in [-0.25, -0.2) is 4.79 Å². The number of phenolic OH excluding ortho intramolecular Hbond substituents is 1. The van der Waals surface area contributed by atoms with Gasteiger partial charge in [-0.3, -0.25) is 19.4 Å². The quantitative estimate of drug-likeness (QED) is 0.0372. The molecule has 0 spiro atoms. The predicted octanol–water partition coefficient (Wildman–Crippen LogP) is 3.18. The van der Waals surface area contributed by atoms with Gasteiger partial charge in [0.2, 0.25) is 17.7 Å². The number of nitrogens with two attached hydrogens (primary N) is 3. The number of ether oxygens (including phenoxy) is 2. The van der Waals surface area contributed by atoms with Crippen molar-refractivity contribution in [3.8, 4) is 11.5 Å². The Morgan fingerprint density at radius 2 is 1.40 bits per heavy atom. The lowest BCUT2D eigenvalue weighted by Crippen LogP contribution is -2.56. The maximum Gasteiger partial charge on any atom is 0.408 e. The van der Waals surface area contributed by atoms with E-state index in [0.29, 0.717) is 42.8 Å². The Kier molecular flexibility index (Phi) is 16.1.